The van der Waals surface area contributed by atoms with Gasteiger partial charge in [-0.25, -0.2) is 4.79 Å². The number of nitrogens with one attached hydrogen (secondary N) is 1. The van der Waals surface area contributed by atoms with Crippen LogP contribution in [0.3, 0.4) is 0 Å². The van der Waals surface area contributed by atoms with E-state index in [9.17, 15) is 4.79 Å². The number of hydrogen-bond acceptors (Lipinski definition) is 6. The van der Waals surface area contributed by atoms with Crippen molar-refractivity contribution in [1.82, 2.24) is 19.9 Å². The Morgan fingerprint density at radius 2 is 1.80 bits per heavy atom. The molecule has 1 aliphatic heterocycles. The molecule has 1 aromatic heterocycles. The Balaban J connectivity index is 1.28. The predicted octanol–water partition coefficient (Wildman–Crippen LogP) is 3.86. The van der Waals surface area contributed by atoms with Crippen molar-refractivity contribution in [2.75, 3.05) is 38.6 Å². The first-order valence-corrected chi connectivity index (χ1v) is 10.4. The van der Waals surface area contributed by atoms with Crippen LogP contribution in [0.15, 0.2) is 57.5 Å². The number of halogens is 1. The number of urea groups is 1. The molecular formula is C21H22BrN5O3. The summed E-state index contributed by atoms with van der Waals surface area (Å²) in [5, 5.41) is 7.02. The third-order valence-electron chi connectivity index (χ3n) is 4.93. The minimum atomic E-state index is -0.0849. The molecule has 0 atom stereocenters. The van der Waals surface area contributed by atoms with Gasteiger partial charge in [-0.3, -0.25) is 4.90 Å². The Morgan fingerprint density at radius 1 is 1.10 bits per heavy atom. The molecule has 0 unspecified atom stereocenters. The highest BCUT2D eigenvalue weighted by Crippen LogP contribution is 2.21. The van der Waals surface area contributed by atoms with E-state index in [4.69, 9.17) is 9.26 Å². The average Bonchev–Trinajstić information content (AvgIpc) is 3.24. The minimum Gasteiger partial charge on any atom is -0.497 e. The lowest BCUT2D eigenvalue weighted by molar-refractivity contribution is 0.140. The molecule has 8 nitrogen and oxygen atoms in total. The zero-order chi connectivity index (χ0) is 20.9. The van der Waals surface area contributed by atoms with E-state index in [1.807, 2.05) is 53.4 Å². The van der Waals surface area contributed by atoms with Crippen LogP contribution in [-0.2, 0) is 6.54 Å². The number of amides is 2. The zero-order valence-corrected chi connectivity index (χ0v) is 18.1. The van der Waals surface area contributed by atoms with Crippen molar-refractivity contribution >= 4 is 27.6 Å². The first kappa shape index (κ1) is 20.4. The molecule has 0 spiro atoms. The van der Waals surface area contributed by atoms with Crippen LogP contribution in [0.1, 0.15) is 5.82 Å². The SMILES string of the molecule is COc1ccc(-c2nc(CN3CCN(C(=O)Nc4ccc(Br)cc4)CC3)no2)cc1. The van der Waals surface area contributed by atoms with Gasteiger partial charge in [0.1, 0.15) is 5.75 Å². The van der Waals surface area contributed by atoms with Gasteiger partial charge in [-0.05, 0) is 48.5 Å². The van der Waals surface area contributed by atoms with Gasteiger partial charge in [0.05, 0.1) is 13.7 Å². The smallest absolute Gasteiger partial charge is 0.321 e. The average molecular weight is 472 g/mol. The molecular weight excluding hydrogens is 450 g/mol. The fraction of sp³-hybridized carbons (Fsp3) is 0.286. The first-order chi connectivity index (χ1) is 14.6. The molecule has 2 amide bonds. The summed E-state index contributed by atoms with van der Waals surface area (Å²) in [4.78, 5) is 21.0. The van der Waals surface area contributed by atoms with Crippen molar-refractivity contribution < 1.29 is 14.1 Å². The van der Waals surface area contributed by atoms with Crippen molar-refractivity contribution in [1.29, 1.82) is 0 Å². The fourth-order valence-corrected chi connectivity index (χ4v) is 3.48. The number of carbonyl (C=O) groups is 1. The molecule has 1 aliphatic rings. The first-order valence-electron chi connectivity index (χ1n) is 9.61. The molecule has 9 heteroatoms. The summed E-state index contributed by atoms with van der Waals surface area (Å²) in [7, 11) is 1.63. The Bertz CT molecular complexity index is 983. The number of benzene rings is 2. The number of hydrogen-bond donors (Lipinski definition) is 1. The van der Waals surface area contributed by atoms with Gasteiger partial charge in [-0.15, -0.1) is 0 Å². The largest absolute Gasteiger partial charge is 0.497 e. The number of piperazine rings is 1. The lowest BCUT2D eigenvalue weighted by Gasteiger charge is -2.34. The zero-order valence-electron chi connectivity index (χ0n) is 16.5. The number of methoxy groups -OCH3 is 1. The molecule has 2 heterocycles. The number of aromatic nitrogens is 2. The van der Waals surface area contributed by atoms with Gasteiger partial charge in [0.15, 0.2) is 5.82 Å². The van der Waals surface area contributed by atoms with Crippen LogP contribution >= 0.6 is 15.9 Å². The topological polar surface area (TPSA) is 83.7 Å². The van der Waals surface area contributed by atoms with Crippen molar-refractivity contribution in [3.05, 3.63) is 58.8 Å². The Morgan fingerprint density at radius 3 is 2.47 bits per heavy atom. The summed E-state index contributed by atoms with van der Waals surface area (Å²) in [6.07, 6.45) is 0. The van der Waals surface area contributed by atoms with Crippen LogP contribution in [0.5, 0.6) is 5.75 Å². The van der Waals surface area contributed by atoms with Gasteiger partial charge in [-0.1, -0.05) is 21.1 Å². The van der Waals surface area contributed by atoms with E-state index in [1.54, 1.807) is 7.11 Å². The second kappa shape index (κ2) is 9.27. The molecule has 0 saturated carbocycles. The maximum Gasteiger partial charge on any atom is 0.321 e. The number of ether oxygens (including phenoxy) is 1. The number of anilines is 1. The molecule has 1 fully saturated rings. The lowest BCUT2D eigenvalue weighted by Crippen LogP contribution is -2.49. The Hall–Kier alpha value is -2.91. The van der Waals surface area contributed by atoms with Gasteiger partial charge in [0.2, 0.25) is 0 Å². The van der Waals surface area contributed by atoms with Gasteiger partial charge >= 0.3 is 6.03 Å². The third-order valence-corrected chi connectivity index (χ3v) is 5.45. The highest BCUT2D eigenvalue weighted by atomic mass is 79.9. The van der Waals surface area contributed by atoms with E-state index in [0.717, 1.165) is 34.6 Å². The maximum atomic E-state index is 12.5. The molecule has 156 valence electrons. The van der Waals surface area contributed by atoms with E-state index in [-0.39, 0.29) is 6.03 Å². The highest BCUT2D eigenvalue weighted by molar-refractivity contribution is 9.10. The van der Waals surface area contributed by atoms with Gasteiger partial charge < -0.3 is 19.5 Å². The quantitative estimate of drug-likeness (QED) is 0.608. The molecule has 0 aliphatic carbocycles. The van der Waals surface area contributed by atoms with E-state index in [1.165, 1.54) is 0 Å². The maximum absolute atomic E-state index is 12.5. The van der Waals surface area contributed by atoms with Crippen molar-refractivity contribution in [3.8, 4) is 17.2 Å². The number of carbonyl (C=O) groups excluding carboxylic acids is 1. The van der Waals surface area contributed by atoms with Crippen LogP contribution in [0, 0.1) is 0 Å². The second-order valence-electron chi connectivity index (χ2n) is 6.94. The minimum absolute atomic E-state index is 0.0849. The predicted molar refractivity (Wildman–Crippen MR) is 116 cm³/mol. The third kappa shape index (κ3) is 4.98. The van der Waals surface area contributed by atoms with Crippen molar-refractivity contribution in [2.24, 2.45) is 0 Å². The molecule has 30 heavy (non-hydrogen) atoms. The normalized spacial score (nSPS) is 14.5. The summed E-state index contributed by atoms with van der Waals surface area (Å²) in [6.45, 7) is 3.37. The van der Waals surface area contributed by atoms with Crippen molar-refractivity contribution in [3.63, 3.8) is 0 Å². The fourth-order valence-electron chi connectivity index (χ4n) is 3.21. The monoisotopic (exact) mass is 471 g/mol. The van der Waals surface area contributed by atoms with Crippen LogP contribution in [0.4, 0.5) is 10.5 Å². The second-order valence-corrected chi connectivity index (χ2v) is 7.86. The Kier molecular flexibility index (Phi) is 6.29. The van der Waals surface area contributed by atoms with Crippen LogP contribution in [0.2, 0.25) is 0 Å². The number of rotatable bonds is 5. The molecule has 1 N–H and O–H groups in total. The summed E-state index contributed by atoms with van der Waals surface area (Å²) >= 11 is 3.39. The molecule has 0 radical (unpaired) electrons. The molecule has 4 rings (SSSR count). The van der Waals surface area contributed by atoms with Gasteiger partial charge in [-0.2, -0.15) is 4.98 Å². The van der Waals surface area contributed by atoms with Gasteiger partial charge in [0.25, 0.3) is 5.89 Å². The highest BCUT2D eigenvalue weighted by Gasteiger charge is 2.22. The van der Waals surface area contributed by atoms with E-state index in [2.05, 4.69) is 36.3 Å². The Labute approximate surface area is 182 Å². The van der Waals surface area contributed by atoms with E-state index >= 15 is 0 Å². The van der Waals surface area contributed by atoms with E-state index < -0.39 is 0 Å². The molecule has 3 aromatic rings. The lowest BCUT2D eigenvalue weighted by atomic mass is 10.2. The standard InChI is InChI=1S/C21H22BrN5O3/c1-29-18-8-2-15(3-9-18)20-24-19(25-30-20)14-26-10-12-27(13-11-26)21(28)23-17-6-4-16(22)5-7-17/h2-9H,10-14H2,1H3,(H,23,28). The van der Waals surface area contributed by atoms with Crippen LogP contribution < -0.4 is 10.1 Å². The molecule has 0 bridgehead atoms. The van der Waals surface area contributed by atoms with Crippen LogP contribution in [0.25, 0.3) is 11.5 Å². The van der Waals surface area contributed by atoms with Crippen molar-refractivity contribution in [2.45, 2.75) is 6.54 Å². The number of nitrogens with zero attached hydrogens (tertiary/aromatic N) is 4. The summed E-state index contributed by atoms with van der Waals surface area (Å²) < 4.78 is 11.5. The molecule has 2 aromatic carbocycles. The van der Waals surface area contributed by atoms with Gasteiger partial charge in [0, 0.05) is 41.9 Å². The summed E-state index contributed by atoms with van der Waals surface area (Å²) in [6, 6.07) is 15.0. The summed E-state index contributed by atoms with van der Waals surface area (Å²) in [5.41, 5.74) is 1.63. The molecule has 1 saturated heterocycles. The summed E-state index contributed by atoms with van der Waals surface area (Å²) in [5.74, 6) is 1.90. The van der Waals surface area contributed by atoms with E-state index in [0.29, 0.717) is 31.3 Å². The van der Waals surface area contributed by atoms with Crippen LogP contribution in [-0.4, -0.2) is 59.3 Å².